The molecular formula is C9H16N2O3. The molecule has 0 fully saturated rings. The van der Waals surface area contributed by atoms with Crippen molar-refractivity contribution in [3.8, 4) is 0 Å². The molecule has 14 heavy (non-hydrogen) atoms. The second kappa shape index (κ2) is 6.12. The molecule has 0 rings (SSSR count). The van der Waals surface area contributed by atoms with Crippen LogP contribution in [0, 0.1) is 0 Å². The van der Waals surface area contributed by atoms with Crippen LogP contribution >= 0.6 is 0 Å². The lowest BCUT2D eigenvalue weighted by molar-refractivity contribution is -0.128. The smallest absolute Gasteiger partial charge is 0.220 e. The molecule has 1 atom stereocenters. The highest BCUT2D eigenvalue weighted by Gasteiger charge is 2.14. The first-order valence-electron chi connectivity index (χ1n) is 4.47. The van der Waals surface area contributed by atoms with Gasteiger partial charge < -0.3 is 10.6 Å². The van der Waals surface area contributed by atoms with Crippen molar-refractivity contribution in [1.82, 2.24) is 10.6 Å². The maximum absolute atomic E-state index is 11.3. The number of Topliss-reactive ketones (excluding diaryl/α,β-unsaturated/α-hetero) is 1. The molecule has 80 valence electrons. The van der Waals surface area contributed by atoms with Gasteiger partial charge in [0.15, 0.2) is 5.78 Å². The Labute approximate surface area is 83.2 Å². The number of ketones is 1. The molecule has 0 spiro atoms. The van der Waals surface area contributed by atoms with Crippen molar-refractivity contribution in [2.24, 2.45) is 0 Å². The zero-order valence-electron chi connectivity index (χ0n) is 8.72. The predicted octanol–water partition coefficient (Wildman–Crippen LogP) is -0.394. The molecule has 0 bridgehead atoms. The van der Waals surface area contributed by atoms with E-state index in [0.29, 0.717) is 0 Å². The second-order valence-corrected chi connectivity index (χ2v) is 3.06. The van der Waals surface area contributed by atoms with E-state index < -0.39 is 6.04 Å². The van der Waals surface area contributed by atoms with Gasteiger partial charge in [-0.15, -0.1) is 0 Å². The molecule has 0 saturated carbocycles. The van der Waals surface area contributed by atoms with Gasteiger partial charge in [0, 0.05) is 26.8 Å². The summed E-state index contributed by atoms with van der Waals surface area (Å²) in [5.41, 5.74) is 0. The molecule has 0 saturated heterocycles. The highest BCUT2D eigenvalue weighted by Crippen LogP contribution is 1.95. The Morgan fingerprint density at radius 3 is 2.21 bits per heavy atom. The Balaban J connectivity index is 3.84. The Hall–Kier alpha value is -1.39. The summed E-state index contributed by atoms with van der Waals surface area (Å²) < 4.78 is 0. The third-order valence-electron chi connectivity index (χ3n) is 1.78. The van der Waals surface area contributed by atoms with Gasteiger partial charge in [-0.25, -0.2) is 0 Å². The molecule has 0 aromatic rings. The average Bonchev–Trinajstić information content (AvgIpc) is 2.12. The van der Waals surface area contributed by atoms with Crippen molar-refractivity contribution in [3.05, 3.63) is 0 Å². The molecule has 0 unspecified atom stereocenters. The molecule has 0 radical (unpaired) electrons. The Kier molecular flexibility index (Phi) is 5.52. The fourth-order valence-corrected chi connectivity index (χ4v) is 0.964. The van der Waals surface area contributed by atoms with Gasteiger partial charge in [0.2, 0.25) is 11.8 Å². The first-order valence-corrected chi connectivity index (χ1v) is 4.47. The summed E-state index contributed by atoms with van der Waals surface area (Å²) in [7, 11) is 1.52. The largest absolute Gasteiger partial charge is 0.359 e. The van der Waals surface area contributed by atoms with Crippen LogP contribution in [-0.2, 0) is 14.4 Å². The summed E-state index contributed by atoms with van der Waals surface area (Å²) in [5, 5.41) is 4.89. The molecule has 2 amide bonds. The summed E-state index contributed by atoms with van der Waals surface area (Å²) in [6.45, 7) is 2.95. The third-order valence-corrected chi connectivity index (χ3v) is 1.78. The van der Waals surface area contributed by atoms with E-state index in [0.717, 1.165) is 0 Å². The predicted molar refractivity (Wildman–Crippen MR) is 51.6 cm³/mol. The lowest BCUT2D eigenvalue weighted by Crippen LogP contribution is -2.37. The number of carbonyl (C=O) groups excluding carboxylic acids is 3. The van der Waals surface area contributed by atoms with E-state index in [-0.39, 0.29) is 30.4 Å². The van der Waals surface area contributed by atoms with Crippen LogP contribution in [-0.4, -0.2) is 30.7 Å². The zero-order valence-corrected chi connectivity index (χ0v) is 8.72. The monoisotopic (exact) mass is 200 g/mol. The van der Waals surface area contributed by atoms with E-state index in [4.69, 9.17) is 0 Å². The van der Waals surface area contributed by atoms with Gasteiger partial charge in [0.05, 0.1) is 6.04 Å². The van der Waals surface area contributed by atoms with Crippen molar-refractivity contribution >= 4 is 17.6 Å². The molecule has 0 aromatic carbocycles. The minimum atomic E-state index is -0.517. The maximum Gasteiger partial charge on any atom is 0.220 e. The second-order valence-electron chi connectivity index (χ2n) is 3.06. The first-order chi connectivity index (χ1) is 6.47. The fraction of sp³-hybridized carbons (Fsp3) is 0.667. The minimum Gasteiger partial charge on any atom is -0.359 e. The summed E-state index contributed by atoms with van der Waals surface area (Å²) in [6, 6.07) is -0.517. The maximum atomic E-state index is 11.3. The van der Waals surface area contributed by atoms with Gasteiger partial charge in [-0.05, 0) is 6.92 Å². The Morgan fingerprint density at radius 1 is 1.21 bits per heavy atom. The molecular weight excluding hydrogens is 184 g/mol. The molecule has 0 aliphatic rings. The standard InChI is InChI=1S/C9H16N2O3/c1-6(11-7(2)12)8(13)4-5-9(14)10-3/h6H,4-5H2,1-3H3,(H,10,14)(H,11,12)/t6-/m0/s1. The number of nitrogens with one attached hydrogen (secondary N) is 2. The Morgan fingerprint density at radius 2 is 1.79 bits per heavy atom. The summed E-state index contributed by atoms with van der Waals surface area (Å²) in [5.74, 6) is -0.553. The van der Waals surface area contributed by atoms with Gasteiger partial charge in [0.1, 0.15) is 0 Å². The van der Waals surface area contributed by atoms with Crippen LogP contribution in [0.5, 0.6) is 0 Å². The van der Waals surface area contributed by atoms with E-state index in [1.54, 1.807) is 6.92 Å². The summed E-state index contributed by atoms with van der Waals surface area (Å²) >= 11 is 0. The lowest BCUT2D eigenvalue weighted by Gasteiger charge is -2.10. The highest BCUT2D eigenvalue weighted by atomic mass is 16.2. The van der Waals surface area contributed by atoms with Gasteiger partial charge >= 0.3 is 0 Å². The van der Waals surface area contributed by atoms with Crippen molar-refractivity contribution < 1.29 is 14.4 Å². The molecule has 0 aliphatic carbocycles. The average molecular weight is 200 g/mol. The number of amides is 2. The van der Waals surface area contributed by atoms with Crippen molar-refractivity contribution in [2.45, 2.75) is 32.7 Å². The van der Waals surface area contributed by atoms with Gasteiger partial charge in [-0.3, -0.25) is 14.4 Å². The van der Waals surface area contributed by atoms with Gasteiger partial charge in [0.25, 0.3) is 0 Å². The minimum absolute atomic E-state index is 0.135. The van der Waals surface area contributed by atoms with Crippen LogP contribution in [0.15, 0.2) is 0 Å². The van der Waals surface area contributed by atoms with Crippen molar-refractivity contribution in [3.63, 3.8) is 0 Å². The number of hydrogen-bond donors (Lipinski definition) is 2. The van der Waals surface area contributed by atoms with E-state index in [1.807, 2.05) is 0 Å². The first kappa shape index (κ1) is 12.6. The van der Waals surface area contributed by atoms with Crippen LogP contribution < -0.4 is 10.6 Å². The van der Waals surface area contributed by atoms with Gasteiger partial charge in [-0.1, -0.05) is 0 Å². The highest BCUT2D eigenvalue weighted by molar-refractivity contribution is 5.90. The van der Waals surface area contributed by atoms with E-state index >= 15 is 0 Å². The number of hydrogen-bond acceptors (Lipinski definition) is 3. The normalized spacial score (nSPS) is 11.6. The molecule has 0 heterocycles. The van der Waals surface area contributed by atoms with Crippen LogP contribution in [0.2, 0.25) is 0 Å². The molecule has 0 aliphatic heterocycles. The quantitative estimate of drug-likeness (QED) is 0.634. The molecule has 2 N–H and O–H groups in total. The summed E-state index contributed by atoms with van der Waals surface area (Å²) in [4.78, 5) is 32.7. The van der Waals surface area contributed by atoms with E-state index in [9.17, 15) is 14.4 Å². The van der Waals surface area contributed by atoms with Crippen molar-refractivity contribution in [2.75, 3.05) is 7.05 Å². The molecule has 5 heteroatoms. The lowest BCUT2D eigenvalue weighted by atomic mass is 10.1. The van der Waals surface area contributed by atoms with Crippen molar-refractivity contribution in [1.29, 1.82) is 0 Å². The summed E-state index contributed by atoms with van der Waals surface area (Å²) in [6.07, 6.45) is 0.320. The SMILES string of the molecule is CNC(=O)CCC(=O)[C@H](C)NC(C)=O. The number of rotatable bonds is 5. The Bertz CT molecular complexity index is 238. The van der Waals surface area contributed by atoms with E-state index in [1.165, 1.54) is 14.0 Å². The van der Waals surface area contributed by atoms with Crippen LogP contribution in [0.4, 0.5) is 0 Å². The fourth-order valence-electron chi connectivity index (χ4n) is 0.964. The van der Waals surface area contributed by atoms with Gasteiger partial charge in [-0.2, -0.15) is 0 Å². The van der Waals surface area contributed by atoms with Crippen LogP contribution in [0.1, 0.15) is 26.7 Å². The van der Waals surface area contributed by atoms with Crippen LogP contribution in [0.25, 0.3) is 0 Å². The zero-order chi connectivity index (χ0) is 11.1. The topological polar surface area (TPSA) is 75.3 Å². The van der Waals surface area contributed by atoms with E-state index in [2.05, 4.69) is 10.6 Å². The molecule has 5 nitrogen and oxygen atoms in total. The van der Waals surface area contributed by atoms with Crippen LogP contribution in [0.3, 0.4) is 0 Å². The third kappa shape index (κ3) is 5.29. The number of carbonyl (C=O) groups is 3. The molecule has 0 aromatic heterocycles.